The molecular formula is C20H30N2O4. The van der Waals surface area contributed by atoms with Gasteiger partial charge in [0, 0.05) is 18.9 Å². The van der Waals surface area contributed by atoms with Gasteiger partial charge in [-0.05, 0) is 18.4 Å². The zero-order valence-corrected chi connectivity index (χ0v) is 15.9. The molecule has 0 bridgehead atoms. The first-order valence-electron chi connectivity index (χ1n) is 9.26. The normalized spacial score (nSPS) is 21.5. The second-order valence-electron chi connectivity index (χ2n) is 7.24. The fourth-order valence-electron chi connectivity index (χ4n) is 2.87. The Morgan fingerprint density at radius 3 is 2.69 bits per heavy atom. The SMILES string of the molecule is CC[C@H](C)C(N)COC(C)(Cc1ccccc1)C(=O)N[C@H]1CCOC1=O. The third-order valence-electron chi connectivity index (χ3n) is 5.07. The van der Waals surface area contributed by atoms with Crippen molar-refractivity contribution in [2.24, 2.45) is 11.7 Å². The summed E-state index contributed by atoms with van der Waals surface area (Å²) in [5.41, 5.74) is 6.05. The smallest absolute Gasteiger partial charge is 0.328 e. The number of hydrogen-bond acceptors (Lipinski definition) is 5. The molecule has 1 saturated heterocycles. The minimum absolute atomic E-state index is 0.153. The van der Waals surface area contributed by atoms with Crippen molar-refractivity contribution in [2.45, 2.75) is 57.7 Å². The van der Waals surface area contributed by atoms with Crippen molar-refractivity contribution in [3.8, 4) is 0 Å². The van der Waals surface area contributed by atoms with Crippen LogP contribution in [0.25, 0.3) is 0 Å². The van der Waals surface area contributed by atoms with Crippen LogP contribution in [0.1, 0.15) is 39.2 Å². The number of benzene rings is 1. The Balaban J connectivity index is 2.11. The molecule has 0 aromatic heterocycles. The molecule has 1 aliphatic heterocycles. The lowest BCUT2D eigenvalue weighted by Crippen LogP contribution is -2.53. The summed E-state index contributed by atoms with van der Waals surface area (Å²) >= 11 is 0. The number of amides is 1. The van der Waals surface area contributed by atoms with Crippen LogP contribution < -0.4 is 11.1 Å². The van der Waals surface area contributed by atoms with Crippen molar-refractivity contribution >= 4 is 11.9 Å². The maximum absolute atomic E-state index is 12.9. The molecular weight excluding hydrogens is 332 g/mol. The Kier molecular flexibility index (Phi) is 7.17. The van der Waals surface area contributed by atoms with Gasteiger partial charge >= 0.3 is 5.97 Å². The van der Waals surface area contributed by atoms with Crippen molar-refractivity contribution in [1.82, 2.24) is 5.32 Å². The van der Waals surface area contributed by atoms with Crippen LogP contribution in [0.4, 0.5) is 0 Å². The number of rotatable bonds is 9. The lowest BCUT2D eigenvalue weighted by Gasteiger charge is -2.32. The number of carbonyl (C=O) groups excluding carboxylic acids is 2. The molecule has 144 valence electrons. The lowest BCUT2D eigenvalue weighted by atomic mass is 9.94. The number of nitrogens with one attached hydrogen (secondary N) is 1. The standard InChI is InChI=1S/C20H30N2O4/c1-4-14(2)16(21)13-26-20(3,12-15-8-6-5-7-9-15)19(24)22-17-10-11-25-18(17)23/h5-9,14,16-17H,4,10-13,21H2,1-3H3,(H,22,24)/t14-,16?,17-,20?/m0/s1. The van der Waals surface area contributed by atoms with Crippen LogP contribution in [0.5, 0.6) is 0 Å². The first-order valence-corrected chi connectivity index (χ1v) is 9.26. The summed E-state index contributed by atoms with van der Waals surface area (Å²) in [5.74, 6) is -0.415. The molecule has 1 aliphatic rings. The second-order valence-corrected chi connectivity index (χ2v) is 7.24. The molecule has 3 N–H and O–H groups in total. The van der Waals surface area contributed by atoms with E-state index in [1.165, 1.54) is 0 Å². The third kappa shape index (κ3) is 5.29. The summed E-state index contributed by atoms with van der Waals surface area (Å²) in [4.78, 5) is 24.6. The Morgan fingerprint density at radius 1 is 1.42 bits per heavy atom. The molecule has 1 aromatic rings. The summed E-state index contributed by atoms with van der Waals surface area (Å²) in [6, 6.07) is 8.92. The Labute approximate surface area is 155 Å². The Morgan fingerprint density at radius 2 is 2.12 bits per heavy atom. The van der Waals surface area contributed by atoms with E-state index in [1.807, 2.05) is 30.3 Å². The van der Waals surface area contributed by atoms with Gasteiger partial charge in [0.25, 0.3) is 5.91 Å². The molecule has 1 heterocycles. The highest BCUT2D eigenvalue weighted by Crippen LogP contribution is 2.21. The van der Waals surface area contributed by atoms with E-state index in [9.17, 15) is 9.59 Å². The van der Waals surface area contributed by atoms with Crippen LogP contribution >= 0.6 is 0 Å². The van der Waals surface area contributed by atoms with E-state index in [0.717, 1.165) is 12.0 Å². The van der Waals surface area contributed by atoms with Crippen molar-refractivity contribution in [2.75, 3.05) is 13.2 Å². The van der Waals surface area contributed by atoms with Crippen molar-refractivity contribution in [3.05, 3.63) is 35.9 Å². The molecule has 6 nitrogen and oxygen atoms in total. The van der Waals surface area contributed by atoms with E-state index >= 15 is 0 Å². The summed E-state index contributed by atoms with van der Waals surface area (Å²) < 4.78 is 11.0. The highest BCUT2D eigenvalue weighted by molar-refractivity contribution is 5.90. The number of carbonyl (C=O) groups is 2. The molecule has 6 heteroatoms. The zero-order valence-electron chi connectivity index (χ0n) is 15.9. The first-order chi connectivity index (χ1) is 12.4. The summed E-state index contributed by atoms with van der Waals surface area (Å²) in [6.45, 7) is 6.50. The van der Waals surface area contributed by atoms with E-state index in [1.54, 1.807) is 6.92 Å². The molecule has 0 spiro atoms. The summed E-state index contributed by atoms with van der Waals surface area (Å²) in [6.07, 6.45) is 1.83. The van der Waals surface area contributed by atoms with E-state index in [4.69, 9.17) is 15.2 Å². The van der Waals surface area contributed by atoms with E-state index in [2.05, 4.69) is 19.2 Å². The molecule has 2 unspecified atom stereocenters. The van der Waals surface area contributed by atoms with Gasteiger partial charge in [0.05, 0.1) is 13.2 Å². The molecule has 4 atom stereocenters. The van der Waals surface area contributed by atoms with Crippen molar-refractivity contribution in [3.63, 3.8) is 0 Å². The van der Waals surface area contributed by atoms with Crippen LogP contribution in [-0.2, 0) is 25.5 Å². The fraction of sp³-hybridized carbons (Fsp3) is 0.600. The van der Waals surface area contributed by atoms with E-state index in [0.29, 0.717) is 25.4 Å². The maximum Gasteiger partial charge on any atom is 0.328 e. The predicted octanol–water partition coefficient (Wildman–Crippen LogP) is 1.81. The number of esters is 1. The molecule has 1 fully saturated rings. The number of hydrogen-bond donors (Lipinski definition) is 2. The maximum atomic E-state index is 12.9. The largest absolute Gasteiger partial charge is 0.464 e. The second kappa shape index (κ2) is 9.14. The van der Waals surface area contributed by atoms with Crippen LogP contribution in [0, 0.1) is 5.92 Å². The topological polar surface area (TPSA) is 90.7 Å². The van der Waals surface area contributed by atoms with Gasteiger partial charge in [0.1, 0.15) is 11.6 Å². The van der Waals surface area contributed by atoms with Crippen molar-refractivity contribution < 1.29 is 19.1 Å². The summed E-state index contributed by atoms with van der Waals surface area (Å²) in [5, 5.41) is 2.78. The van der Waals surface area contributed by atoms with Gasteiger partial charge in [0.15, 0.2) is 0 Å². The minimum atomic E-state index is -1.12. The number of cyclic esters (lactones) is 1. The van der Waals surface area contributed by atoms with E-state index in [-0.39, 0.29) is 18.6 Å². The van der Waals surface area contributed by atoms with Crippen LogP contribution in [0.3, 0.4) is 0 Å². The van der Waals surface area contributed by atoms with Crippen LogP contribution in [-0.4, -0.2) is 42.8 Å². The molecule has 0 aliphatic carbocycles. The highest BCUT2D eigenvalue weighted by atomic mass is 16.5. The van der Waals surface area contributed by atoms with Gasteiger partial charge in [-0.2, -0.15) is 0 Å². The minimum Gasteiger partial charge on any atom is -0.464 e. The Bertz CT molecular complexity index is 607. The van der Waals surface area contributed by atoms with Gasteiger partial charge < -0.3 is 20.5 Å². The lowest BCUT2D eigenvalue weighted by molar-refractivity contribution is -0.150. The molecule has 0 saturated carbocycles. The fourth-order valence-corrected chi connectivity index (χ4v) is 2.87. The Hall–Kier alpha value is -1.92. The van der Waals surface area contributed by atoms with Crippen molar-refractivity contribution in [1.29, 1.82) is 0 Å². The quantitative estimate of drug-likeness (QED) is 0.654. The third-order valence-corrected chi connectivity index (χ3v) is 5.07. The van der Waals surface area contributed by atoms with Gasteiger partial charge in [-0.3, -0.25) is 4.79 Å². The average Bonchev–Trinajstić information content (AvgIpc) is 3.04. The highest BCUT2D eigenvalue weighted by Gasteiger charge is 2.39. The molecule has 2 rings (SSSR count). The molecule has 1 amide bonds. The van der Waals surface area contributed by atoms with Gasteiger partial charge in [-0.15, -0.1) is 0 Å². The monoisotopic (exact) mass is 362 g/mol. The first kappa shape index (κ1) is 20.4. The predicted molar refractivity (Wildman–Crippen MR) is 99.4 cm³/mol. The van der Waals surface area contributed by atoms with E-state index < -0.39 is 17.6 Å². The van der Waals surface area contributed by atoms with Gasteiger partial charge in [0.2, 0.25) is 0 Å². The summed E-state index contributed by atoms with van der Waals surface area (Å²) in [7, 11) is 0. The van der Waals surface area contributed by atoms with Crippen LogP contribution in [0.2, 0.25) is 0 Å². The molecule has 26 heavy (non-hydrogen) atoms. The van der Waals surface area contributed by atoms with Gasteiger partial charge in [-0.25, -0.2) is 4.79 Å². The number of nitrogens with two attached hydrogens (primary N) is 1. The zero-order chi connectivity index (χ0) is 19.2. The molecule has 1 aromatic carbocycles. The number of ether oxygens (including phenoxy) is 2. The van der Waals surface area contributed by atoms with Gasteiger partial charge in [-0.1, -0.05) is 50.6 Å². The average molecular weight is 362 g/mol. The van der Waals surface area contributed by atoms with Crippen LogP contribution in [0.15, 0.2) is 30.3 Å². The molecule has 0 radical (unpaired) electrons.